The number of carbonyl (C=O) groups is 3. The molecular formula is C24H34N2O5. The maximum atomic E-state index is 13.1. The second-order valence-corrected chi connectivity index (χ2v) is 10.2. The first-order valence-electron chi connectivity index (χ1n) is 11.0. The maximum absolute atomic E-state index is 13.1. The molecular weight excluding hydrogens is 396 g/mol. The molecule has 0 spiro atoms. The summed E-state index contributed by atoms with van der Waals surface area (Å²) in [5.41, 5.74) is -0.503. The number of hydrogen-bond acceptors (Lipinski definition) is 4. The number of carboxylic acid groups (broad SMARTS) is 1. The second-order valence-electron chi connectivity index (χ2n) is 10.2. The van der Waals surface area contributed by atoms with Gasteiger partial charge in [0.15, 0.2) is 6.10 Å². The number of likely N-dealkylation sites (tertiary alicyclic amines) is 1. The molecule has 0 aromatic heterocycles. The van der Waals surface area contributed by atoms with Gasteiger partial charge in [-0.05, 0) is 65.9 Å². The van der Waals surface area contributed by atoms with Gasteiger partial charge in [0.2, 0.25) is 5.91 Å². The number of benzene rings is 1. The molecule has 7 heteroatoms. The predicted octanol–water partition coefficient (Wildman–Crippen LogP) is 4.06. The standard InChI is InChI=1S/C24H34N2O5/c1-23(2,3)26(22(29)30)17-11-13-18(14-12-17)31-19-20(27)25(21(28)24(19,4)5)15-16-9-7-6-8-10-16/h6-10,17-19H,11-15H2,1-5H3,(H,29,30). The number of ether oxygens (including phenoxy) is 1. The Morgan fingerprint density at radius 3 is 2.23 bits per heavy atom. The maximum Gasteiger partial charge on any atom is 0.407 e. The zero-order chi connectivity index (χ0) is 23.0. The summed E-state index contributed by atoms with van der Waals surface area (Å²) in [6.45, 7) is 9.47. The number of nitrogens with zero attached hydrogens (tertiary/aromatic N) is 2. The van der Waals surface area contributed by atoms with Crippen molar-refractivity contribution in [2.45, 2.75) is 90.6 Å². The quantitative estimate of drug-likeness (QED) is 0.712. The highest BCUT2D eigenvalue weighted by molar-refractivity contribution is 6.08. The Hall–Kier alpha value is -2.41. The van der Waals surface area contributed by atoms with E-state index in [-0.39, 0.29) is 30.5 Å². The van der Waals surface area contributed by atoms with E-state index in [0.717, 1.165) is 5.56 Å². The molecule has 1 unspecified atom stereocenters. The minimum Gasteiger partial charge on any atom is -0.465 e. The fourth-order valence-corrected chi connectivity index (χ4v) is 4.78. The first kappa shape index (κ1) is 23.3. The van der Waals surface area contributed by atoms with Gasteiger partial charge in [-0.1, -0.05) is 30.3 Å². The molecule has 0 bridgehead atoms. The van der Waals surface area contributed by atoms with Gasteiger partial charge >= 0.3 is 6.09 Å². The molecule has 0 radical (unpaired) electrons. The third kappa shape index (κ3) is 4.76. The van der Waals surface area contributed by atoms with Crippen LogP contribution in [0, 0.1) is 5.41 Å². The van der Waals surface area contributed by atoms with Crippen molar-refractivity contribution in [3.05, 3.63) is 35.9 Å². The van der Waals surface area contributed by atoms with Crippen LogP contribution in [-0.4, -0.2) is 56.6 Å². The SMILES string of the molecule is CC1(C)C(=O)N(Cc2ccccc2)C(=O)C1OC1CCC(N(C(=O)O)C(C)(C)C)CC1. The Morgan fingerprint density at radius 2 is 1.71 bits per heavy atom. The molecule has 3 rings (SSSR count). The summed E-state index contributed by atoms with van der Waals surface area (Å²) < 4.78 is 6.21. The van der Waals surface area contributed by atoms with Gasteiger partial charge in [0.25, 0.3) is 5.91 Å². The molecule has 1 aliphatic heterocycles. The monoisotopic (exact) mass is 430 g/mol. The minimum atomic E-state index is -0.929. The van der Waals surface area contributed by atoms with Crippen LogP contribution in [0.4, 0.5) is 4.79 Å². The first-order chi connectivity index (χ1) is 14.4. The third-order valence-corrected chi connectivity index (χ3v) is 6.39. The summed E-state index contributed by atoms with van der Waals surface area (Å²) in [6.07, 6.45) is 0.794. The fourth-order valence-electron chi connectivity index (χ4n) is 4.78. The summed E-state index contributed by atoms with van der Waals surface area (Å²) in [6, 6.07) is 9.39. The molecule has 2 aliphatic rings. The van der Waals surface area contributed by atoms with Gasteiger partial charge in [0.1, 0.15) is 0 Å². The second kappa shape index (κ2) is 8.61. The first-order valence-corrected chi connectivity index (χ1v) is 11.0. The zero-order valence-corrected chi connectivity index (χ0v) is 19.1. The highest BCUT2D eigenvalue weighted by Gasteiger charge is 2.55. The summed E-state index contributed by atoms with van der Waals surface area (Å²) in [5, 5.41) is 9.65. The van der Waals surface area contributed by atoms with Gasteiger partial charge in [0, 0.05) is 11.6 Å². The highest BCUT2D eigenvalue weighted by Crippen LogP contribution is 2.38. The molecule has 1 atom stereocenters. The predicted molar refractivity (Wildman–Crippen MR) is 116 cm³/mol. The van der Waals surface area contributed by atoms with Crippen molar-refractivity contribution >= 4 is 17.9 Å². The summed E-state index contributed by atoms with van der Waals surface area (Å²) in [7, 11) is 0. The largest absolute Gasteiger partial charge is 0.465 e. The van der Waals surface area contributed by atoms with Crippen LogP contribution < -0.4 is 0 Å². The van der Waals surface area contributed by atoms with E-state index in [4.69, 9.17) is 4.74 Å². The van der Waals surface area contributed by atoms with E-state index in [0.29, 0.717) is 25.7 Å². The molecule has 1 heterocycles. The van der Waals surface area contributed by atoms with E-state index in [9.17, 15) is 19.5 Å². The molecule has 1 saturated heterocycles. The normalized spacial score (nSPS) is 26.2. The van der Waals surface area contributed by atoms with Gasteiger partial charge in [0.05, 0.1) is 18.1 Å². The summed E-state index contributed by atoms with van der Waals surface area (Å²) in [5.74, 6) is -0.507. The van der Waals surface area contributed by atoms with Crippen molar-refractivity contribution in [3.63, 3.8) is 0 Å². The minimum absolute atomic E-state index is 0.0687. The molecule has 1 saturated carbocycles. The van der Waals surface area contributed by atoms with Crippen LogP contribution >= 0.6 is 0 Å². The lowest BCUT2D eigenvalue weighted by atomic mass is 9.86. The topological polar surface area (TPSA) is 87.2 Å². The zero-order valence-electron chi connectivity index (χ0n) is 19.1. The molecule has 7 nitrogen and oxygen atoms in total. The van der Waals surface area contributed by atoms with Gasteiger partial charge in [-0.15, -0.1) is 0 Å². The number of hydrogen-bond donors (Lipinski definition) is 1. The Morgan fingerprint density at radius 1 is 1.13 bits per heavy atom. The van der Waals surface area contributed by atoms with E-state index in [1.54, 1.807) is 13.8 Å². The van der Waals surface area contributed by atoms with E-state index < -0.39 is 23.2 Å². The van der Waals surface area contributed by atoms with Crippen molar-refractivity contribution in [3.8, 4) is 0 Å². The van der Waals surface area contributed by atoms with Crippen LogP contribution in [0.3, 0.4) is 0 Å². The molecule has 170 valence electrons. The van der Waals surface area contributed by atoms with E-state index >= 15 is 0 Å². The lowest BCUT2D eigenvalue weighted by Crippen LogP contribution is -2.52. The number of imide groups is 1. The lowest BCUT2D eigenvalue weighted by Gasteiger charge is -2.43. The average molecular weight is 431 g/mol. The molecule has 1 N–H and O–H groups in total. The van der Waals surface area contributed by atoms with Crippen molar-refractivity contribution in [1.82, 2.24) is 9.80 Å². The molecule has 1 aromatic carbocycles. The molecule has 1 aliphatic carbocycles. The van der Waals surface area contributed by atoms with Crippen LogP contribution in [-0.2, 0) is 20.9 Å². The van der Waals surface area contributed by atoms with E-state index in [2.05, 4.69) is 0 Å². The van der Waals surface area contributed by atoms with E-state index in [1.165, 1.54) is 9.80 Å². The van der Waals surface area contributed by atoms with E-state index in [1.807, 2.05) is 51.1 Å². The Labute approximate surface area is 184 Å². The average Bonchev–Trinajstić information content (AvgIpc) is 2.83. The van der Waals surface area contributed by atoms with Gasteiger partial charge in [-0.25, -0.2) is 4.79 Å². The van der Waals surface area contributed by atoms with Crippen LogP contribution in [0.2, 0.25) is 0 Å². The molecule has 1 aromatic rings. The molecule has 2 fully saturated rings. The summed E-state index contributed by atoms with van der Waals surface area (Å²) >= 11 is 0. The fraction of sp³-hybridized carbons (Fsp3) is 0.625. The van der Waals surface area contributed by atoms with Gasteiger partial charge in [-0.3, -0.25) is 14.5 Å². The Balaban J connectivity index is 1.65. The van der Waals surface area contributed by atoms with Crippen LogP contribution in [0.5, 0.6) is 0 Å². The molecule has 31 heavy (non-hydrogen) atoms. The van der Waals surface area contributed by atoms with Gasteiger partial charge in [-0.2, -0.15) is 0 Å². The molecule has 3 amide bonds. The Kier molecular flexibility index (Phi) is 6.46. The van der Waals surface area contributed by atoms with Crippen molar-refractivity contribution in [2.24, 2.45) is 5.41 Å². The smallest absolute Gasteiger partial charge is 0.407 e. The summed E-state index contributed by atoms with van der Waals surface area (Å²) in [4.78, 5) is 40.7. The van der Waals surface area contributed by atoms with Crippen molar-refractivity contribution in [2.75, 3.05) is 0 Å². The number of carbonyl (C=O) groups excluding carboxylic acids is 2. The van der Waals surface area contributed by atoms with Gasteiger partial charge < -0.3 is 14.7 Å². The van der Waals surface area contributed by atoms with Crippen LogP contribution in [0.15, 0.2) is 30.3 Å². The van der Waals surface area contributed by atoms with Crippen LogP contribution in [0.1, 0.15) is 65.9 Å². The van der Waals surface area contributed by atoms with Crippen LogP contribution in [0.25, 0.3) is 0 Å². The Bertz CT molecular complexity index is 822. The number of amides is 3. The van der Waals surface area contributed by atoms with Crippen molar-refractivity contribution < 1.29 is 24.2 Å². The third-order valence-electron chi connectivity index (χ3n) is 6.39. The highest BCUT2D eigenvalue weighted by atomic mass is 16.5. The lowest BCUT2D eigenvalue weighted by molar-refractivity contribution is -0.146. The van der Waals surface area contributed by atoms with Crippen molar-refractivity contribution in [1.29, 1.82) is 0 Å². The number of rotatable bonds is 5.